The standard InChI is InChI=1S/C12H17BrO7/c1-5-9(18-6(2)14)10(19-7(3)15)11(12(13)17-5)20-8(4)16/h5,9-12H,1-4H3/t5-,9-,10+,11+,12+/m1/s1. The maximum Gasteiger partial charge on any atom is 0.303 e. The van der Waals surface area contributed by atoms with Gasteiger partial charge in [-0.2, -0.15) is 0 Å². The van der Waals surface area contributed by atoms with Crippen molar-refractivity contribution in [2.45, 2.75) is 57.1 Å². The first kappa shape index (κ1) is 16.9. The van der Waals surface area contributed by atoms with E-state index in [-0.39, 0.29) is 0 Å². The molecule has 0 aliphatic carbocycles. The Morgan fingerprint density at radius 2 is 1.25 bits per heavy atom. The van der Waals surface area contributed by atoms with E-state index in [1.54, 1.807) is 6.92 Å². The van der Waals surface area contributed by atoms with E-state index in [9.17, 15) is 14.4 Å². The minimum absolute atomic E-state index is 0.528. The summed E-state index contributed by atoms with van der Waals surface area (Å²) in [7, 11) is 0. The van der Waals surface area contributed by atoms with Crippen LogP contribution in [0.25, 0.3) is 0 Å². The number of esters is 3. The molecule has 1 heterocycles. The van der Waals surface area contributed by atoms with Gasteiger partial charge in [-0.25, -0.2) is 0 Å². The highest BCUT2D eigenvalue weighted by Gasteiger charge is 2.49. The van der Waals surface area contributed by atoms with Gasteiger partial charge in [0.15, 0.2) is 23.3 Å². The molecule has 1 aliphatic heterocycles. The van der Waals surface area contributed by atoms with Crippen molar-refractivity contribution < 1.29 is 33.3 Å². The van der Waals surface area contributed by atoms with E-state index in [1.807, 2.05) is 0 Å². The van der Waals surface area contributed by atoms with E-state index in [4.69, 9.17) is 18.9 Å². The second-order valence-electron chi connectivity index (χ2n) is 4.41. The lowest BCUT2D eigenvalue weighted by atomic mass is 10.00. The van der Waals surface area contributed by atoms with Crippen LogP contribution >= 0.6 is 15.9 Å². The van der Waals surface area contributed by atoms with Gasteiger partial charge in [0.2, 0.25) is 0 Å². The molecule has 20 heavy (non-hydrogen) atoms. The largest absolute Gasteiger partial charge is 0.456 e. The van der Waals surface area contributed by atoms with E-state index in [0.717, 1.165) is 0 Å². The van der Waals surface area contributed by atoms with Gasteiger partial charge in [0.1, 0.15) is 0 Å². The third kappa shape index (κ3) is 4.45. The summed E-state index contributed by atoms with van der Waals surface area (Å²) in [6, 6.07) is 0. The molecular formula is C12H17BrO7. The summed E-state index contributed by atoms with van der Waals surface area (Å²) >= 11 is 3.22. The number of hydrogen-bond acceptors (Lipinski definition) is 7. The zero-order valence-electron chi connectivity index (χ0n) is 11.6. The van der Waals surface area contributed by atoms with Crippen molar-refractivity contribution in [2.24, 2.45) is 0 Å². The highest BCUT2D eigenvalue weighted by atomic mass is 79.9. The van der Waals surface area contributed by atoms with Gasteiger partial charge in [-0.3, -0.25) is 14.4 Å². The molecule has 0 spiro atoms. The maximum absolute atomic E-state index is 11.2. The summed E-state index contributed by atoms with van der Waals surface area (Å²) in [5, 5.41) is -0.669. The molecule has 5 atom stereocenters. The summed E-state index contributed by atoms with van der Waals surface area (Å²) in [6.07, 6.45) is -3.22. The predicted molar refractivity (Wildman–Crippen MR) is 69.9 cm³/mol. The minimum Gasteiger partial charge on any atom is -0.456 e. The average Bonchev–Trinajstić information content (AvgIpc) is 2.27. The van der Waals surface area contributed by atoms with Crippen LogP contribution in [0, 0.1) is 0 Å². The third-order valence-electron chi connectivity index (χ3n) is 2.62. The molecule has 8 heteroatoms. The predicted octanol–water partition coefficient (Wildman–Crippen LogP) is 0.921. The number of rotatable bonds is 3. The topological polar surface area (TPSA) is 88.1 Å². The zero-order chi connectivity index (χ0) is 15.4. The summed E-state index contributed by atoms with van der Waals surface area (Å²) in [5.41, 5.74) is 0. The van der Waals surface area contributed by atoms with Crippen molar-refractivity contribution in [3.8, 4) is 0 Å². The fourth-order valence-electron chi connectivity index (χ4n) is 1.96. The molecule has 1 aliphatic rings. The van der Waals surface area contributed by atoms with E-state index < -0.39 is 47.3 Å². The van der Waals surface area contributed by atoms with Gasteiger partial charge in [-0.1, -0.05) is 15.9 Å². The second-order valence-corrected chi connectivity index (χ2v) is 5.32. The number of alkyl halides is 1. The number of hydrogen-bond donors (Lipinski definition) is 0. The van der Waals surface area contributed by atoms with Crippen LogP contribution in [-0.2, 0) is 33.3 Å². The molecule has 7 nitrogen and oxygen atoms in total. The number of halogens is 1. The molecule has 0 radical (unpaired) electrons. The van der Waals surface area contributed by atoms with Crippen molar-refractivity contribution in [1.82, 2.24) is 0 Å². The van der Waals surface area contributed by atoms with Crippen molar-refractivity contribution >= 4 is 33.8 Å². The van der Waals surface area contributed by atoms with E-state index in [1.165, 1.54) is 20.8 Å². The second kappa shape index (κ2) is 7.03. The van der Waals surface area contributed by atoms with Crippen LogP contribution in [0.1, 0.15) is 27.7 Å². The summed E-state index contributed by atoms with van der Waals surface area (Å²) in [6.45, 7) is 5.35. The van der Waals surface area contributed by atoms with Crippen molar-refractivity contribution in [3.05, 3.63) is 0 Å². The van der Waals surface area contributed by atoms with Crippen LogP contribution in [0.4, 0.5) is 0 Å². The van der Waals surface area contributed by atoms with Crippen LogP contribution in [0.5, 0.6) is 0 Å². The molecule has 0 unspecified atom stereocenters. The molecule has 0 saturated carbocycles. The molecule has 1 saturated heterocycles. The van der Waals surface area contributed by atoms with Gasteiger partial charge in [0.25, 0.3) is 0 Å². The van der Waals surface area contributed by atoms with E-state index in [0.29, 0.717) is 0 Å². The Hall–Kier alpha value is -1.15. The molecular weight excluding hydrogens is 336 g/mol. The molecule has 0 aromatic heterocycles. The van der Waals surface area contributed by atoms with Gasteiger partial charge in [-0.15, -0.1) is 0 Å². The lowest BCUT2D eigenvalue weighted by molar-refractivity contribution is -0.227. The minimum atomic E-state index is -0.937. The fraction of sp³-hybridized carbons (Fsp3) is 0.750. The van der Waals surface area contributed by atoms with Gasteiger partial charge in [-0.05, 0) is 6.92 Å². The van der Waals surface area contributed by atoms with Gasteiger partial charge < -0.3 is 18.9 Å². The van der Waals surface area contributed by atoms with Crippen LogP contribution < -0.4 is 0 Å². The molecule has 0 aromatic carbocycles. The molecule has 0 amide bonds. The Balaban J connectivity index is 3.01. The SMILES string of the molecule is CC(=O)O[C@H]1[C@H](OC(C)=O)[C@@H](C)O[C@H](Br)[C@H]1OC(C)=O. The van der Waals surface area contributed by atoms with Crippen molar-refractivity contribution in [2.75, 3.05) is 0 Å². The Morgan fingerprint density at radius 1 is 0.850 bits per heavy atom. The Morgan fingerprint density at radius 3 is 1.70 bits per heavy atom. The summed E-state index contributed by atoms with van der Waals surface area (Å²) < 4.78 is 20.9. The molecule has 1 rings (SSSR count). The molecule has 0 N–H and O–H groups in total. The Kier molecular flexibility index (Phi) is 5.94. The first-order valence-electron chi connectivity index (χ1n) is 6.03. The average molecular weight is 353 g/mol. The number of ether oxygens (including phenoxy) is 4. The maximum atomic E-state index is 11.2. The van der Waals surface area contributed by atoms with Crippen molar-refractivity contribution in [1.29, 1.82) is 0 Å². The lowest BCUT2D eigenvalue weighted by Gasteiger charge is -2.41. The van der Waals surface area contributed by atoms with Gasteiger partial charge in [0.05, 0.1) is 6.10 Å². The summed E-state index contributed by atoms with van der Waals surface area (Å²) in [4.78, 5) is 33.5. The van der Waals surface area contributed by atoms with E-state index >= 15 is 0 Å². The number of carbonyl (C=O) groups is 3. The monoisotopic (exact) mass is 352 g/mol. The first-order chi connectivity index (χ1) is 9.22. The molecule has 0 aromatic rings. The number of carbonyl (C=O) groups excluding carboxylic acids is 3. The molecule has 0 bridgehead atoms. The highest BCUT2D eigenvalue weighted by Crippen LogP contribution is 2.31. The third-order valence-corrected chi connectivity index (χ3v) is 3.36. The highest BCUT2D eigenvalue weighted by molar-refractivity contribution is 9.09. The summed E-state index contributed by atoms with van der Waals surface area (Å²) in [5.74, 6) is -1.67. The molecule has 114 valence electrons. The van der Waals surface area contributed by atoms with Crippen molar-refractivity contribution in [3.63, 3.8) is 0 Å². The van der Waals surface area contributed by atoms with E-state index in [2.05, 4.69) is 15.9 Å². The van der Waals surface area contributed by atoms with Gasteiger partial charge >= 0.3 is 17.9 Å². The Bertz CT molecular complexity index is 369. The normalized spacial score (nSPS) is 33.1. The van der Waals surface area contributed by atoms with Gasteiger partial charge in [0, 0.05) is 20.8 Å². The zero-order valence-corrected chi connectivity index (χ0v) is 13.2. The lowest BCUT2D eigenvalue weighted by Crippen LogP contribution is -2.59. The van der Waals surface area contributed by atoms with Crippen LogP contribution in [0.2, 0.25) is 0 Å². The smallest absolute Gasteiger partial charge is 0.303 e. The fourth-order valence-corrected chi connectivity index (χ4v) is 2.70. The van der Waals surface area contributed by atoms with Crippen LogP contribution in [0.15, 0.2) is 0 Å². The quantitative estimate of drug-likeness (QED) is 0.424. The first-order valence-corrected chi connectivity index (χ1v) is 6.95. The van der Waals surface area contributed by atoms with Crippen LogP contribution in [0.3, 0.4) is 0 Å². The molecule has 1 fully saturated rings. The van der Waals surface area contributed by atoms with Crippen LogP contribution in [-0.4, -0.2) is 47.3 Å². The Labute approximate surface area is 125 Å².